The van der Waals surface area contributed by atoms with Gasteiger partial charge >= 0.3 is 0 Å². The van der Waals surface area contributed by atoms with Gasteiger partial charge in [-0.05, 0) is 43.7 Å². The zero-order chi connectivity index (χ0) is 16.6. The van der Waals surface area contributed by atoms with Gasteiger partial charge in [0.2, 0.25) is 15.9 Å². The molecule has 1 unspecified atom stereocenters. The van der Waals surface area contributed by atoms with Crippen LogP contribution in [-0.4, -0.2) is 36.0 Å². The number of hydrogen-bond donors (Lipinski definition) is 0. The molecule has 6 nitrogen and oxygen atoms in total. The highest BCUT2D eigenvalue weighted by Crippen LogP contribution is 2.38. The lowest BCUT2D eigenvalue weighted by atomic mass is 9.96. The van der Waals surface area contributed by atoms with Crippen molar-refractivity contribution in [2.45, 2.75) is 42.9 Å². The third-order valence-electron chi connectivity index (χ3n) is 4.75. The first-order valence-corrected chi connectivity index (χ1v) is 9.94. The molecule has 1 aromatic heterocycles. The lowest BCUT2D eigenvalue weighted by Gasteiger charge is -2.31. The lowest BCUT2D eigenvalue weighted by Crippen LogP contribution is -2.40. The standard InChI is InChI=1S/C17H21N3O3S/c21-24(22,15-6-2-1-3-7-15)20-10-4-5-13(12-20)11-16-18-17(19-23-16)14-8-9-14/h1-3,6-7,13-14H,4-5,8-12H2. The smallest absolute Gasteiger partial charge is 0.243 e. The normalized spacial score (nSPS) is 22.6. The van der Waals surface area contributed by atoms with Crippen molar-refractivity contribution >= 4 is 10.0 Å². The fourth-order valence-electron chi connectivity index (χ4n) is 3.26. The summed E-state index contributed by atoms with van der Waals surface area (Å²) < 4.78 is 32.5. The molecule has 0 bridgehead atoms. The molecule has 2 aromatic rings. The van der Waals surface area contributed by atoms with Gasteiger partial charge < -0.3 is 4.52 Å². The number of nitrogens with zero attached hydrogens (tertiary/aromatic N) is 3. The first kappa shape index (κ1) is 15.8. The zero-order valence-electron chi connectivity index (χ0n) is 13.5. The average molecular weight is 347 g/mol. The van der Waals surface area contributed by atoms with E-state index in [1.807, 2.05) is 6.07 Å². The topological polar surface area (TPSA) is 76.3 Å². The van der Waals surface area contributed by atoms with Crippen molar-refractivity contribution in [2.75, 3.05) is 13.1 Å². The van der Waals surface area contributed by atoms with Crippen LogP contribution in [0.15, 0.2) is 39.8 Å². The van der Waals surface area contributed by atoms with E-state index in [1.165, 1.54) is 0 Å². The van der Waals surface area contributed by atoms with Gasteiger partial charge in [-0.2, -0.15) is 9.29 Å². The van der Waals surface area contributed by atoms with Crippen molar-refractivity contribution in [3.8, 4) is 0 Å². The van der Waals surface area contributed by atoms with Gasteiger partial charge in [-0.25, -0.2) is 8.42 Å². The predicted octanol–water partition coefficient (Wildman–Crippen LogP) is 2.59. The van der Waals surface area contributed by atoms with Crippen LogP contribution in [0.1, 0.15) is 43.3 Å². The Balaban J connectivity index is 1.45. The van der Waals surface area contributed by atoms with E-state index in [4.69, 9.17) is 4.52 Å². The van der Waals surface area contributed by atoms with Gasteiger partial charge in [0.05, 0.1) is 4.90 Å². The Morgan fingerprint density at radius 3 is 2.71 bits per heavy atom. The quantitative estimate of drug-likeness (QED) is 0.831. The zero-order valence-corrected chi connectivity index (χ0v) is 14.3. The lowest BCUT2D eigenvalue weighted by molar-refractivity contribution is 0.247. The van der Waals surface area contributed by atoms with E-state index in [2.05, 4.69) is 10.1 Å². The number of rotatable bonds is 5. The number of aromatic nitrogens is 2. The summed E-state index contributed by atoms with van der Waals surface area (Å²) in [5.41, 5.74) is 0. The molecule has 1 aliphatic heterocycles. The van der Waals surface area contributed by atoms with Crippen LogP contribution in [0.2, 0.25) is 0 Å². The second-order valence-electron chi connectivity index (χ2n) is 6.71. The van der Waals surface area contributed by atoms with Gasteiger partial charge in [0.1, 0.15) is 0 Å². The molecule has 0 amide bonds. The summed E-state index contributed by atoms with van der Waals surface area (Å²) in [6, 6.07) is 8.64. The Labute approximate surface area is 141 Å². The van der Waals surface area contributed by atoms with Gasteiger partial charge in [-0.1, -0.05) is 23.4 Å². The van der Waals surface area contributed by atoms with Crippen molar-refractivity contribution in [2.24, 2.45) is 5.92 Å². The molecule has 128 valence electrons. The summed E-state index contributed by atoms with van der Waals surface area (Å²) in [7, 11) is -3.42. The van der Waals surface area contributed by atoms with Crippen molar-refractivity contribution in [1.29, 1.82) is 0 Å². The van der Waals surface area contributed by atoms with E-state index in [-0.39, 0.29) is 5.92 Å². The molecule has 2 heterocycles. The van der Waals surface area contributed by atoms with Crippen molar-refractivity contribution < 1.29 is 12.9 Å². The summed E-state index contributed by atoms with van der Waals surface area (Å²) >= 11 is 0. The van der Waals surface area contributed by atoms with Crippen LogP contribution in [0.4, 0.5) is 0 Å². The summed E-state index contributed by atoms with van der Waals surface area (Å²) in [5.74, 6) is 2.16. The Bertz CT molecular complexity index is 799. The second kappa shape index (κ2) is 6.29. The Morgan fingerprint density at radius 1 is 1.17 bits per heavy atom. The SMILES string of the molecule is O=S(=O)(c1ccccc1)N1CCCC(Cc2nc(C3CC3)no2)C1. The number of sulfonamides is 1. The predicted molar refractivity (Wildman–Crippen MR) is 87.9 cm³/mol. The molecule has 0 radical (unpaired) electrons. The van der Waals surface area contributed by atoms with Crippen LogP contribution in [0.5, 0.6) is 0 Å². The highest BCUT2D eigenvalue weighted by molar-refractivity contribution is 7.89. The van der Waals surface area contributed by atoms with E-state index in [9.17, 15) is 8.42 Å². The molecule has 2 aliphatic rings. The minimum absolute atomic E-state index is 0.227. The molecule has 1 atom stereocenters. The number of piperidine rings is 1. The molecule has 1 aliphatic carbocycles. The maximum atomic E-state index is 12.8. The molecule has 1 saturated carbocycles. The molecule has 2 fully saturated rings. The van der Waals surface area contributed by atoms with E-state index >= 15 is 0 Å². The largest absolute Gasteiger partial charge is 0.339 e. The van der Waals surface area contributed by atoms with Crippen LogP contribution in [-0.2, 0) is 16.4 Å². The monoisotopic (exact) mass is 347 g/mol. The van der Waals surface area contributed by atoms with Crippen LogP contribution in [0.25, 0.3) is 0 Å². The molecule has 1 saturated heterocycles. The molecule has 7 heteroatoms. The number of hydrogen-bond acceptors (Lipinski definition) is 5. The minimum atomic E-state index is -3.42. The summed E-state index contributed by atoms with van der Waals surface area (Å²) in [6.07, 6.45) is 4.79. The molecule has 0 spiro atoms. The summed E-state index contributed by atoms with van der Waals surface area (Å²) in [4.78, 5) is 4.83. The van der Waals surface area contributed by atoms with Gasteiger partial charge in [0.25, 0.3) is 0 Å². The third kappa shape index (κ3) is 3.23. The Morgan fingerprint density at radius 2 is 1.96 bits per heavy atom. The average Bonchev–Trinajstić information content (AvgIpc) is 3.36. The van der Waals surface area contributed by atoms with Crippen molar-refractivity contribution in [3.63, 3.8) is 0 Å². The fraction of sp³-hybridized carbons (Fsp3) is 0.529. The maximum Gasteiger partial charge on any atom is 0.243 e. The number of benzene rings is 1. The minimum Gasteiger partial charge on any atom is -0.339 e. The molecule has 0 N–H and O–H groups in total. The Kier molecular flexibility index (Phi) is 4.14. The van der Waals surface area contributed by atoms with Gasteiger partial charge in [0, 0.05) is 25.4 Å². The first-order valence-electron chi connectivity index (χ1n) is 8.50. The molecular formula is C17H21N3O3S. The van der Waals surface area contributed by atoms with E-state index in [1.54, 1.807) is 28.6 Å². The molecule has 24 heavy (non-hydrogen) atoms. The van der Waals surface area contributed by atoms with Crippen LogP contribution < -0.4 is 0 Å². The molecular weight excluding hydrogens is 326 g/mol. The maximum absolute atomic E-state index is 12.8. The summed E-state index contributed by atoms with van der Waals surface area (Å²) in [5, 5.41) is 4.04. The second-order valence-corrected chi connectivity index (χ2v) is 8.65. The van der Waals surface area contributed by atoms with Gasteiger partial charge in [-0.15, -0.1) is 0 Å². The van der Waals surface area contributed by atoms with Gasteiger partial charge in [-0.3, -0.25) is 0 Å². The van der Waals surface area contributed by atoms with Crippen LogP contribution >= 0.6 is 0 Å². The van der Waals surface area contributed by atoms with Crippen LogP contribution in [0, 0.1) is 5.92 Å². The molecule has 1 aromatic carbocycles. The highest BCUT2D eigenvalue weighted by Gasteiger charge is 2.32. The van der Waals surface area contributed by atoms with Gasteiger partial charge in [0.15, 0.2) is 5.82 Å². The third-order valence-corrected chi connectivity index (χ3v) is 6.63. The van der Waals surface area contributed by atoms with Crippen molar-refractivity contribution in [3.05, 3.63) is 42.0 Å². The van der Waals surface area contributed by atoms with Crippen LogP contribution in [0.3, 0.4) is 0 Å². The van der Waals surface area contributed by atoms with E-state index in [0.29, 0.717) is 36.2 Å². The Hall–Kier alpha value is -1.73. The first-order chi connectivity index (χ1) is 11.6. The fourth-order valence-corrected chi connectivity index (χ4v) is 4.83. The summed E-state index contributed by atoms with van der Waals surface area (Å²) in [6.45, 7) is 1.09. The van der Waals surface area contributed by atoms with E-state index in [0.717, 1.165) is 31.5 Å². The van der Waals surface area contributed by atoms with Crippen molar-refractivity contribution in [1.82, 2.24) is 14.4 Å². The highest BCUT2D eigenvalue weighted by atomic mass is 32.2. The van der Waals surface area contributed by atoms with E-state index < -0.39 is 10.0 Å². The molecule has 4 rings (SSSR count).